The van der Waals surface area contributed by atoms with Gasteiger partial charge in [-0.2, -0.15) is 0 Å². The van der Waals surface area contributed by atoms with Crippen LogP contribution in [0.2, 0.25) is 0 Å². The Bertz CT molecular complexity index is 959. The highest BCUT2D eigenvalue weighted by atomic mass is 16.5. The van der Waals surface area contributed by atoms with Gasteiger partial charge in [0.1, 0.15) is 0 Å². The van der Waals surface area contributed by atoms with Gasteiger partial charge in [-0.25, -0.2) is 4.98 Å². The lowest BCUT2D eigenvalue weighted by molar-refractivity contribution is 0.0422. The number of benzene rings is 1. The Morgan fingerprint density at radius 2 is 1.75 bits per heavy atom. The monoisotopic (exact) mass is 434 g/mol. The lowest BCUT2D eigenvalue weighted by Gasteiger charge is -2.34. The van der Waals surface area contributed by atoms with E-state index in [1.807, 2.05) is 6.92 Å². The molecular formula is C26H34N4O2. The molecule has 1 aromatic heterocycles. The van der Waals surface area contributed by atoms with Crippen molar-refractivity contribution in [1.82, 2.24) is 14.8 Å². The van der Waals surface area contributed by atoms with E-state index in [0.717, 1.165) is 82.6 Å². The molecule has 3 heterocycles. The summed E-state index contributed by atoms with van der Waals surface area (Å²) in [6.07, 6.45) is 3.33. The molecule has 2 aliphatic heterocycles. The quantitative estimate of drug-likeness (QED) is 0.696. The molecular weight excluding hydrogens is 400 g/mol. The van der Waals surface area contributed by atoms with Gasteiger partial charge in [-0.3, -0.25) is 4.90 Å². The lowest BCUT2D eigenvalue weighted by Crippen LogP contribution is -2.44. The number of anilines is 1. The third-order valence-corrected chi connectivity index (χ3v) is 6.72. The van der Waals surface area contributed by atoms with E-state index >= 15 is 0 Å². The molecule has 2 saturated heterocycles. The second-order valence-corrected chi connectivity index (χ2v) is 9.02. The van der Waals surface area contributed by atoms with Crippen LogP contribution >= 0.6 is 0 Å². The summed E-state index contributed by atoms with van der Waals surface area (Å²) < 4.78 is 11.3. The molecule has 0 bridgehead atoms. The Balaban J connectivity index is 1.40. The number of fused-ring (bicyclic) bond motifs is 1. The predicted molar refractivity (Wildman–Crippen MR) is 129 cm³/mol. The number of morpholine rings is 1. The van der Waals surface area contributed by atoms with Crippen LogP contribution in [0.25, 0.3) is 17.3 Å². The summed E-state index contributed by atoms with van der Waals surface area (Å²) in [6, 6.07) is 11.1. The number of aromatic nitrogens is 1. The predicted octanol–water partition coefficient (Wildman–Crippen LogP) is 3.17. The molecule has 1 aromatic carbocycles. The van der Waals surface area contributed by atoms with Crippen LogP contribution in [0, 0.1) is 0 Å². The van der Waals surface area contributed by atoms with Crippen molar-refractivity contribution in [3.63, 3.8) is 0 Å². The van der Waals surface area contributed by atoms with Gasteiger partial charge in [0.2, 0.25) is 5.88 Å². The summed E-state index contributed by atoms with van der Waals surface area (Å²) in [5.74, 6) is 0.727. The van der Waals surface area contributed by atoms with Gasteiger partial charge in [0.25, 0.3) is 0 Å². The zero-order chi connectivity index (χ0) is 21.9. The van der Waals surface area contributed by atoms with Gasteiger partial charge in [0.15, 0.2) is 0 Å². The molecule has 0 amide bonds. The maximum atomic E-state index is 5.83. The first-order valence-electron chi connectivity index (χ1n) is 11.9. The summed E-state index contributed by atoms with van der Waals surface area (Å²) in [7, 11) is 2.19. The second kappa shape index (κ2) is 9.61. The van der Waals surface area contributed by atoms with Crippen LogP contribution < -0.4 is 9.64 Å². The van der Waals surface area contributed by atoms with Crippen molar-refractivity contribution >= 4 is 11.8 Å². The van der Waals surface area contributed by atoms with Crippen LogP contribution in [0.15, 0.2) is 35.9 Å². The zero-order valence-corrected chi connectivity index (χ0v) is 19.3. The van der Waals surface area contributed by atoms with E-state index in [1.165, 1.54) is 22.4 Å². The van der Waals surface area contributed by atoms with Gasteiger partial charge in [-0.1, -0.05) is 23.8 Å². The first-order chi connectivity index (χ1) is 15.7. The first-order valence-corrected chi connectivity index (χ1v) is 11.9. The van der Waals surface area contributed by atoms with Crippen LogP contribution in [-0.4, -0.2) is 87.5 Å². The average Bonchev–Trinajstić information content (AvgIpc) is 3.22. The maximum Gasteiger partial charge on any atom is 0.214 e. The van der Waals surface area contributed by atoms with Gasteiger partial charge >= 0.3 is 0 Å². The standard InChI is InChI=1S/C26H34N4O2/c1-3-32-25-18-22-16-20(19-29-12-14-31-15-13-29)17-24(22)26(27-25)21-4-6-23(7-5-21)30-10-8-28(2)9-11-30/h4-7,17-18H,3,8-16,19H2,1-2H3. The number of hydrogen-bond donors (Lipinski definition) is 0. The highest BCUT2D eigenvalue weighted by Crippen LogP contribution is 2.36. The van der Waals surface area contributed by atoms with E-state index in [-0.39, 0.29) is 0 Å². The van der Waals surface area contributed by atoms with Crippen molar-refractivity contribution in [1.29, 1.82) is 0 Å². The first kappa shape index (κ1) is 21.4. The summed E-state index contributed by atoms with van der Waals surface area (Å²) in [5, 5.41) is 0. The number of piperazine rings is 1. The largest absolute Gasteiger partial charge is 0.478 e. The normalized spacial score (nSPS) is 19.7. The molecule has 0 spiro atoms. The number of ether oxygens (including phenoxy) is 2. The molecule has 0 radical (unpaired) electrons. The fourth-order valence-electron chi connectivity index (χ4n) is 4.87. The number of likely N-dealkylation sites (N-methyl/N-ethyl adjacent to an activating group) is 1. The Morgan fingerprint density at radius 3 is 2.47 bits per heavy atom. The SMILES string of the molecule is CCOc1cc2c(c(-c3ccc(N4CCN(C)CC4)cc3)n1)C=C(CN1CCOCC1)C2. The Labute approximate surface area is 191 Å². The summed E-state index contributed by atoms with van der Waals surface area (Å²) in [6.45, 7) is 11.7. The van der Waals surface area contributed by atoms with E-state index in [2.05, 4.69) is 58.2 Å². The van der Waals surface area contributed by atoms with Crippen LogP contribution in [0.4, 0.5) is 5.69 Å². The summed E-state index contributed by atoms with van der Waals surface area (Å²) >= 11 is 0. The number of rotatable bonds is 6. The summed E-state index contributed by atoms with van der Waals surface area (Å²) in [4.78, 5) is 12.3. The molecule has 0 atom stereocenters. The van der Waals surface area contributed by atoms with Crippen molar-refractivity contribution in [2.45, 2.75) is 13.3 Å². The van der Waals surface area contributed by atoms with Crippen LogP contribution in [0.3, 0.4) is 0 Å². The van der Waals surface area contributed by atoms with E-state index in [9.17, 15) is 0 Å². The molecule has 3 aliphatic rings. The van der Waals surface area contributed by atoms with Crippen molar-refractivity contribution < 1.29 is 9.47 Å². The summed E-state index contributed by atoms with van der Waals surface area (Å²) in [5.41, 5.74) is 7.52. The van der Waals surface area contributed by atoms with Crippen molar-refractivity contribution in [3.8, 4) is 17.1 Å². The second-order valence-electron chi connectivity index (χ2n) is 9.02. The molecule has 1 aliphatic carbocycles. The van der Waals surface area contributed by atoms with Gasteiger partial charge in [0, 0.05) is 68.7 Å². The maximum absolute atomic E-state index is 5.83. The molecule has 170 valence electrons. The average molecular weight is 435 g/mol. The van der Waals surface area contributed by atoms with Gasteiger partial charge in [-0.15, -0.1) is 0 Å². The molecule has 0 N–H and O–H groups in total. The van der Waals surface area contributed by atoms with E-state index in [1.54, 1.807) is 0 Å². The topological polar surface area (TPSA) is 41.1 Å². The molecule has 6 nitrogen and oxygen atoms in total. The molecule has 2 aromatic rings. The molecule has 5 rings (SSSR count). The molecule has 0 saturated carbocycles. The van der Waals surface area contributed by atoms with Crippen molar-refractivity contribution in [2.75, 3.05) is 77.6 Å². The lowest BCUT2D eigenvalue weighted by atomic mass is 10.0. The van der Waals surface area contributed by atoms with Gasteiger partial charge in [-0.05, 0) is 38.1 Å². The highest BCUT2D eigenvalue weighted by molar-refractivity contribution is 5.79. The minimum absolute atomic E-state index is 0.627. The third kappa shape index (κ3) is 4.68. The van der Waals surface area contributed by atoms with E-state index < -0.39 is 0 Å². The Kier molecular flexibility index (Phi) is 6.44. The number of hydrogen-bond acceptors (Lipinski definition) is 6. The number of pyridine rings is 1. The van der Waals surface area contributed by atoms with Gasteiger partial charge in [0.05, 0.1) is 25.5 Å². The van der Waals surface area contributed by atoms with Crippen LogP contribution in [0.5, 0.6) is 5.88 Å². The van der Waals surface area contributed by atoms with E-state index in [4.69, 9.17) is 14.5 Å². The smallest absolute Gasteiger partial charge is 0.214 e. The minimum Gasteiger partial charge on any atom is -0.478 e. The van der Waals surface area contributed by atoms with Crippen molar-refractivity contribution in [2.24, 2.45) is 0 Å². The fraction of sp³-hybridized carbons (Fsp3) is 0.500. The third-order valence-electron chi connectivity index (χ3n) is 6.72. The van der Waals surface area contributed by atoms with Crippen LogP contribution in [-0.2, 0) is 11.2 Å². The van der Waals surface area contributed by atoms with E-state index in [0.29, 0.717) is 6.61 Å². The number of nitrogens with zero attached hydrogens (tertiary/aromatic N) is 4. The van der Waals surface area contributed by atoms with Crippen LogP contribution in [0.1, 0.15) is 18.1 Å². The molecule has 6 heteroatoms. The molecule has 32 heavy (non-hydrogen) atoms. The fourth-order valence-corrected chi connectivity index (χ4v) is 4.87. The molecule has 2 fully saturated rings. The highest BCUT2D eigenvalue weighted by Gasteiger charge is 2.22. The zero-order valence-electron chi connectivity index (χ0n) is 19.3. The Hall–Kier alpha value is -2.41. The Morgan fingerprint density at radius 1 is 1.00 bits per heavy atom. The minimum atomic E-state index is 0.627. The van der Waals surface area contributed by atoms with Gasteiger partial charge < -0.3 is 19.3 Å². The molecule has 0 unspecified atom stereocenters. The van der Waals surface area contributed by atoms with Crippen molar-refractivity contribution in [3.05, 3.63) is 47.0 Å².